The fourth-order valence-electron chi connectivity index (χ4n) is 1.69. The molecular formula is C13H14N2O3S2. The number of amides is 1. The molecule has 5 nitrogen and oxygen atoms in total. The Morgan fingerprint density at radius 3 is 2.55 bits per heavy atom. The van der Waals surface area contributed by atoms with Gasteiger partial charge in [0.2, 0.25) is 0 Å². The highest BCUT2D eigenvalue weighted by Gasteiger charge is 2.21. The fraction of sp³-hybridized carbons (Fsp3) is 0.231. The summed E-state index contributed by atoms with van der Waals surface area (Å²) in [5, 5.41) is 0.708. The predicted octanol–water partition coefficient (Wildman–Crippen LogP) is 2.19. The highest BCUT2D eigenvalue weighted by atomic mass is 32.2. The number of nitrogens with one attached hydrogen (secondary N) is 1. The lowest BCUT2D eigenvalue weighted by Gasteiger charge is -2.09. The van der Waals surface area contributed by atoms with E-state index >= 15 is 0 Å². The van der Waals surface area contributed by atoms with Gasteiger partial charge in [0.1, 0.15) is 4.88 Å². The summed E-state index contributed by atoms with van der Waals surface area (Å²) in [5.41, 5.74) is 1.41. The van der Waals surface area contributed by atoms with Crippen molar-refractivity contribution in [1.82, 2.24) is 9.71 Å². The summed E-state index contributed by atoms with van der Waals surface area (Å²) in [6.45, 7) is 5.24. The Labute approximate surface area is 121 Å². The van der Waals surface area contributed by atoms with E-state index < -0.39 is 15.9 Å². The van der Waals surface area contributed by atoms with Gasteiger partial charge in [0.05, 0.1) is 16.1 Å². The van der Waals surface area contributed by atoms with Crippen molar-refractivity contribution < 1.29 is 13.2 Å². The van der Waals surface area contributed by atoms with Gasteiger partial charge >= 0.3 is 0 Å². The highest BCUT2D eigenvalue weighted by molar-refractivity contribution is 7.90. The van der Waals surface area contributed by atoms with Crippen molar-refractivity contribution in [3.63, 3.8) is 0 Å². The van der Waals surface area contributed by atoms with Crippen LogP contribution in [0.1, 0.15) is 25.8 Å². The number of sulfonamides is 1. The molecule has 0 saturated carbocycles. The second-order valence-corrected chi connectivity index (χ2v) is 7.33. The predicted molar refractivity (Wildman–Crippen MR) is 77.4 cm³/mol. The Morgan fingerprint density at radius 1 is 1.25 bits per heavy atom. The monoisotopic (exact) mass is 310 g/mol. The first-order valence-electron chi connectivity index (χ1n) is 5.86. The summed E-state index contributed by atoms with van der Waals surface area (Å²) in [5.74, 6) is -0.656. The third-order valence-electron chi connectivity index (χ3n) is 2.71. The Kier molecular flexibility index (Phi) is 3.92. The Bertz CT molecular complexity index is 764. The van der Waals surface area contributed by atoms with Crippen LogP contribution in [-0.4, -0.2) is 19.3 Å². The summed E-state index contributed by atoms with van der Waals surface area (Å²) >= 11 is 1.15. The van der Waals surface area contributed by atoms with E-state index in [0.717, 1.165) is 16.9 Å². The third-order valence-corrected chi connectivity index (χ3v) is 5.09. The number of carbonyl (C=O) groups excluding carboxylic acids is 1. The van der Waals surface area contributed by atoms with E-state index in [-0.39, 0.29) is 9.77 Å². The zero-order chi connectivity index (χ0) is 14.9. The molecule has 1 heterocycles. The van der Waals surface area contributed by atoms with Gasteiger partial charge in [0.15, 0.2) is 0 Å². The van der Waals surface area contributed by atoms with Gasteiger partial charge in [0, 0.05) is 0 Å². The molecule has 106 valence electrons. The van der Waals surface area contributed by atoms with E-state index in [1.54, 1.807) is 32.9 Å². The van der Waals surface area contributed by atoms with Crippen LogP contribution in [0.5, 0.6) is 0 Å². The van der Waals surface area contributed by atoms with Crippen LogP contribution in [0.15, 0.2) is 29.3 Å². The molecule has 0 aliphatic heterocycles. The van der Waals surface area contributed by atoms with Crippen molar-refractivity contribution >= 4 is 27.3 Å². The lowest BCUT2D eigenvalue weighted by atomic mass is 10.2. The number of benzene rings is 1. The quantitative estimate of drug-likeness (QED) is 0.943. The van der Waals surface area contributed by atoms with Crippen molar-refractivity contribution in [2.45, 2.75) is 25.7 Å². The molecule has 1 aromatic heterocycles. The molecule has 0 unspecified atom stereocenters. The van der Waals surface area contributed by atoms with E-state index in [9.17, 15) is 13.2 Å². The lowest BCUT2D eigenvalue weighted by molar-refractivity contribution is 0.0985. The zero-order valence-electron chi connectivity index (χ0n) is 11.3. The molecule has 7 heteroatoms. The molecule has 2 aromatic rings. The van der Waals surface area contributed by atoms with E-state index in [1.165, 1.54) is 6.20 Å². The largest absolute Gasteiger partial charge is 0.276 e. The second-order valence-electron chi connectivity index (χ2n) is 4.45. The SMILES string of the molecule is Cc1ccc(C)c(S(=O)(=O)NC(=O)c2cnc(C)s2)c1. The first-order chi connectivity index (χ1) is 9.29. The topological polar surface area (TPSA) is 76.1 Å². The Hall–Kier alpha value is -1.73. The average Bonchev–Trinajstić information content (AvgIpc) is 2.78. The summed E-state index contributed by atoms with van der Waals surface area (Å²) < 4.78 is 26.6. The van der Waals surface area contributed by atoms with Crippen LogP contribution >= 0.6 is 11.3 Å². The zero-order valence-corrected chi connectivity index (χ0v) is 12.9. The van der Waals surface area contributed by atoms with E-state index in [1.807, 2.05) is 6.07 Å². The second kappa shape index (κ2) is 5.34. The summed E-state index contributed by atoms with van der Waals surface area (Å²) in [7, 11) is -3.87. The van der Waals surface area contributed by atoms with E-state index in [0.29, 0.717) is 10.6 Å². The molecule has 0 bridgehead atoms. The van der Waals surface area contributed by atoms with Crippen LogP contribution < -0.4 is 4.72 Å². The normalized spacial score (nSPS) is 11.3. The molecule has 0 saturated heterocycles. The molecule has 2 rings (SSSR count). The van der Waals surface area contributed by atoms with Crippen LogP contribution in [0, 0.1) is 20.8 Å². The number of hydrogen-bond acceptors (Lipinski definition) is 5. The Balaban J connectivity index is 2.32. The molecule has 1 aromatic carbocycles. The molecule has 1 amide bonds. The van der Waals surface area contributed by atoms with Crippen molar-refractivity contribution in [2.24, 2.45) is 0 Å². The van der Waals surface area contributed by atoms with Crippen LogP contribution in [-0.2, 0) is 10.0 Å². The minimum atomic E-state index is -3.87. The maximum Gasteiger partial charge on any atom is 0.276 e. The molecule has 20 heavy (non-hydrogen) atoms. The first-order valence-corrected chi connectivity index (χ1v) is 8.16. The molecule has 1 N–H and O–H groups in total. The number of hydrogen-bond donors (Lipinski definition) is 1. The van der Waals surface area contributed by atoms with Crippen molar-refractivity contribution in [2.75, 3.05) is 0 Å². The first kappa shape index (κ1) is 14.7. The molecule has 0 fully saturated rings. The maximum atomic E-state index is 12.2. The molecule has 0 spiro atoms. The molecule has 0 aliphatic carbocycles. The van der Waals surface area contributed by atoms with Gasteiger partial charge in [0.25, 0.3) is 15.9 Å². The maximum absolute atomic E-state index is 12.2. The van der Waals surface area contributed by atoms with Crippen molar-refractivity contribution in [3.8, 4) is 0 Å². The number of rotatable bonds is 3. The summed E-state index contributed by atoms with van der Waals surface area (Å²) in [6.07, 6.45) is 1.37. The number of nitrogens with zero attached hydrogens (tertiary/aromatic N) is 1. The van der Waals surface area contributed by atoms with Crippen LogP contribution in [0.2, 0.25) is 0 Å². The third kappa shape index (κ3) is 3.05. The van der Waals surface area contributed by atoms with Crippen LogP contribution in [0.25, 0.3) is 0 Å². The Morgan fingerprint density at radius 2 is 1.95 bits per heavy atom. The van der Waals surface area contributed by atoms with Gasteiger partial charge in [-0.25, -0.2) is 18.1 Å². The van der Waals surface area contributed by atoms with Gasteiger partial charge in [-0.1, -0.05) is 12.1 Å². The number of aryl methyl sites for hydroxylation is 3. The molecular weight excluding hydrogens is 296 g/mol. The van der Waals surface area contributed by atoms with Gasteiger partial charge < -0.3 is 0 Å². The molecule has 0 radical (unpaired) electrons. The lowest BCUT2D eigenvalue weighted by Crippen LogP contribution is -2.30. The van der Waals surface area contributed by atoms with Gasteiger partial charge in [-0.3, -0.25) is 4.79 Å². The standard InChI is InChI=1S/C13H14N2O3S2/c1-8-4-5-9(2)12(6-8)20(17,18)15-13(16)11-7-14-10(3)19-11/h4-7H,1-3H3,(H,15,16). The minimum Gasteiger partial charge on any atom is -0.267 e. The van der Waals surface area contributed by atoms with Crippen molar-refractivity contribution in [1.29, 1.82) is 0 Å². The number of aromatic nitrogens is 1. The molecule has 0 atom stereocenters. The van der Waals surface area contributed by atoms with E-state index in [4.69, 9.17) is 0 Å². The highest BCUT2D eigenvalue weighted by Crippen LogP contribution is 2.18. The van der Waals surface area contributed by atoms with Crippen molar-refractivity contribution in [3.05, 3.63) is 45.4 Å². The molecule has 0 aliphatic rings. The van der Waals surface area contributed by atoms with Crippen LogP contribution in [0.4, 0.5) is 0 Å². The van der Waals surface area contributed by atoms with Gasteiger partial charge in [-0.15, -0.1) is 11.3 Å². The van der Waals surface area contributed by atoms with Crippen LogP contribution in [0.3, 0.4) is 0 Å². The van der Waals surface area contributed by atoms with Gasteiger partial charge in [-0.05, 0) is 38.0 Å². The van der Waals surface area contributed by atoms with E-state index in [2.05, 4.69) is 9.71 Å². The summed E-state index contributed by atoms with van der Waals surface area (Å²) in [6, 6.07) is 5.08. The van der Waals surface area contributed by atoms with Gasteiger partial charge in [-0.2, -0.15) is 0 Å². The fourth-order valence-corrected chi connectivity index (χ4v) is 3.72. The smallest absolute Gasteiger partial charge is 0.267 e. The minimum absolute atomic E-state index is 0.118. The average molecular weight is 310 g/mol. The number of thiazole rings is 1. The summed E-state index contributed by atoms with van der Waals surface area (Å²) in [4.78, 5) is 16.3. The number of carbonyl (C=O) groups is 1.